The molecular formula is C22H35Cl2N3O2. The average molecular weight is 444 g/mol. The Kier molecular flexibility index (Phi) is 8.92. The Hall–Kier alpha value is -1.17. The molecule has 29 heavy (non-hydrogen) atoms. The molecule has 2 unspecified atom stereocenters. The predicted octanol–water partition coefficient (Wildman–Crippen LogP) is 3.73. The maximum atomic E-state index is 13.1. The van der Waals surface area contributed by atoms with Crippen LogP contribution < -0.4 is 15.4 Å². The summed E-state index contributed by atoms with van der Waals surface area (Å²) >= 11 is 0. The van der Waals surface area contributed by atoms with Crippen molar-refractivity contribution in [3.05, 3.63) is 24.3 Å². The first-order valence-electron chi connectivity index (χ1n) is 10.7. The summed E-state index contributed by atoms with van der Waals surface area (Å²) in [6, 6.07) is 8.54. The second-order valence-electron chi connectivity index (χ2n) is 8.41. The number of anilines is 1. The van der Waals surface area contributed by atoms with Crippen LogP contribution in [0.15, 0.2) is 24.3 Å². The molecule has 1 saturated heterocycles. The van der Waals surface area contributed by atoms with E-state index in [0.717, 1.165) is 50.5 Å². The van der Waals surface area contributed by atoms with E-state index in [-0.39, 0.29) is 30.7 Å². The number of hydrogen-bond donors (Lipinski definition) is 1. The lowest BCUT2D eigenvalue weighted by molar-refractivity contribution is -0.138. The highest BCUT2D eigenvalue weighted by Crippen LogP contribution is 2.42. The van der Waals surface area contributed by atoms with E-state index in [2.05, 4.69) is 21.9 Å². The summed E-state index contributed by atoms with van der Waals surface area (Å²) < 4.78 is 5.78. The molecule has 5 nitrogen and oxygen atoms in total. The molecule has 4 rings (SSSR count). The van der Waals surface area contributed by atoms with E-state index in [1.807, 2.05) is 19.1 Å². The number of fused-ring (bicyclic) bond motifs is 2. The van der Waals surface area contributed by atoms with Gasteiger partial charge in [0.2, 0.25) is 5.91 Å². The van der Waals surface area contributed by atoms with Gasteiger partial charge in [0, 0.05) is 38.1 Å². The number of carbonyl (C=O) groups is 1. The minimum absolute atomic E-state index is 0. The van der Waals surface area contributed by atoms with Gasteiger partial charge in [-0.05, 0) is 56.6 Å². The quantitative estimate of drug-likeness (QED) is 0.769. The number of para-hydroxylation sites is 2. The van der Waals surface area contributed by atoms with Crippen LogP contribution in [-0.2, 0) is 4.79 Å². The van der Waals surface area contributed by atoms with Gasteiger partial charge >= 0.3 is 0 Å². The number of piperazine rings is 1. The zero-order chi connectivity index (χ0) is 18.8. The van der Waals surface area contributed by atoms with Gasteiger partial charge in [0.15, 0.2) is 0 Å². The zero-order valence-corrected chi connectivity index (χ0v) is 18.9. The third-order valence-corrected chi connectivity index (χ3v) is 6.86. The molecule has 3 aliphatic rings. The smallest absolute Gasteiger partial charge is 0.225 e. The summed E-state index contributed by atoms with van der Waals surface area (Å²) in [5, 5.41) is 0. The normalized spacial score (nSPS) is 28.8. The minimum atomic E-state index is 0. The van der Waals surface area contributed by atoms with Crippen molar-refractivity contribution >= 4 is 36.4 Å². The van der Waals surface area contributed by atoms with Crippen molar-refractivity contribution in [3.8, 4) is 5.75 Å². The second-order valence-corrected chi connectivity index (χ2v) is 8.41. The second kappa shape index (κ2) is 10.7. The molecule has 7 heteroatoms. The SMILES string of the molecule is CCOc1ccccc1N1CCN(C(=O)C2CC3CCCC(C2)C3N)CC1.Cl.Cl. The molecule has 1 aliphatic heterocycles. The molecule has 164 valence electrons. The number of ether oxygens (including phenoxy) is 1. The Bertz CT molecular complexity index is 653. The van der Waals surface area contributed by atoms with Crippen molar-refractivity contribution in [1.82, 2.24) is 4.90 Å². The van der Waals surface area contributed by atoms with Crippen molar-refractivity contribution in [2.45, 2.75) is 45.1 Å². The van der Waals surface area contributed by atoms with Crippen LogP contribution in [-0.4, -0.2) is 49.6 Å². The van der Waals surface area contributed by atoms with Crippen molar-refractivity contribution in [2.75, 3.05) is 37.7 Å². The largest absolute Gasteiger partial charge is 0.492 e. The lowest BCUT2D eigenvalue weighted by atomic mass is 9.65. The molecular weight excluding hydrogens is 409 g/mol. The lowest BCUT2D eigenvalue weighted by Crippen LogP contribution is -2.53. The van der Waals surface area contributed by atoms with Crippen LogP contribution in [0.25, 0.3) is 0 Å². The number of halogens is 2. The topological polar surface area (TPSA) is 58.8 Å². The van der Waals surface area contributed by atoms with Gasteiger partial charge in [-0.2, -0.15) is 0 Å². The summed E-state index contributed by atoms with van der Waals surface area (Å²) in [6.07, 6.45) is 5.72. The van der Waals surface area contributed by atoms with Gasteiger partial charge in [0.25, 0.3) is 0 Å². The van der Waals surface area contributed by atoms with Crippen molar-refractivity contribution in [1.29, 1.82) is 0 Å². The number of amides is 1. The van der Waals surface area contributed by atoms with Gasteiger partial charge in [-0.15, -0.1) is 24.8 Å². The first kappa shape index (κ1) is 24.1. The van der Waals surface area contributed by atoms with Crippen LogP contribution in [0.5, 0.6) is 5.75 Å². The fourth-order valence-electron chi connectivity index (χ4n) is 5.41. The van der Waals surface area contributed by atoms with Crippen molar-refractivity contribution < 1.29 is 9.53 Å². The summed E-state index contributed by atoms with van der Waals surface area (Å²) in [4.78, 5) is 17.6. The monoisotopic (exact) mass is 443 g/mol. The summed E-state index contributed by atoms with van der Waals surface area (Å²) in [7, 11) is 0. The zero-order valence-electron chi connectivity index (χ0n) is 17.3. The van der Waals surface area contributed by atoms with E-state index in [9.17, 15) is 4.79 Å². The molecule has 0 aromatic heterocycles. The molecule has 2 atom stereocenters. The number of nitrogens with two attached hydrogens (primary N) is 1. The molecule has 0 spiro atoms. The summed E-state index contributed by atoms with van der Waals surface area (Å²) in [6.45, 7) is 6.03. The fourth-order valence-corrected chi connectivity index (χ4v) is 5.41. The Morgan fingerprint density at radius 3 is 2.31 bits per heavy atom. The maximum absolute atomic E-state index is 13.1. The standard InChI is InChI=1S/C22H33N3O2.2ClH/c1-2-27-20-9-4-3-8-19(20)24-10-12-25(13-11-24)22(26)18-14-16-6-5-7-17(15-18)21(16)23;;/h3-4,8-9,16-18,21H,2,5-7,10-15,23H2,1H3;2*1H. The van der Waals surface area contributed by atoms with Gasteiger partial charge in [0.05, 0.1) is 12.3 Å². The third-order valence-electron chi connectivity index (χ3n) is 6.86. The van der Waals surface area contributed by atoms with Crippen LogP contribution in [0.2, 0.25) is 0 Å². The van der Waals surface area contributed by atoms with Crippen LogP contribution in [0, 0.1) is 17.8 Å². The Morgan fingerprint density at radius 2 is 1.69 bits per heavy atom. The molecule has 2 saturated carbocycles. The molecule has 1 aromatic rings. The Balaban J connectivity index is 0.00000150. The van der Waals surface area contributed by atoms with E-state index in [1.165, 1.54) is 19.3 Å². The number of benzene rings is 1. The van der Waals surface area contributed by atoms with Crippen LogP contribution in [0.4, 0.5) is 5.69 Å². The van der Waals surface area contributed by atoms with Crippen LogP contribution in [0.1, 0.15) is 39.0 Å². The molecule has 2 N–H and O–H groups in total. The lowest BCUT2D eigenvalue weighted by Gasteiger charge is -2.45. The third kappa shape index (κ3) is 5.12. The minimum Gasteiger partial charge on any atom is -0.492 e. The average Bonchev–Trinajstić information content (AvgIpc) is 2.68. The molecule has 2 aliphatic carbocycles. The number of carbonyl (C=O) groups excluding carboxylic acids is 1. The maximum Gasteiger partial charge on any atom is 0.225 e. The molecule has 2 bridgehead atoms. The Morgan fingerprint density at radius 1 is 1.07 bits per heavy atom. The summed E-state index contributed by atoms with van der Waals surface area (Å²) in [5.41, 5.74) is 7.55. The van der Waals surface area contributed by atoms with E-state index in [4.69, 9.17) is 10.5 Å². The molecule has 3 fully saturated rings. The van der Waals surface area contributed by atoms with Crippen molar-refractivity contribution in [3.63, 3.8) is 0 Å². The van der Waals surface area contributed by atoms with Crippen LogP contribution >= 0.6 is 24.8 Å². The number of nitrogens with zero attached hydrogens (tertiary/aromatic N) is 2. The van der Waals surface area contributed by atoms with Gasteiger partial charge in [-0.3, -0.25) is 4.79 Å². The van der Waals surface area contributed by atoms with Crippen molar-refractivity contribution in [2.24, 2.45) is 23.5 Å². The molecule has 1 heterocycles. The predicted molar refractivity (Wildman–Crippen MR) is 122 cm³/mol. The highest BCUT2D eigenvalue weighted by atomic mass is 35.5. The Labute approximate surface area is 187 Å². The molecule has 1 amide bonds. The highest BCUT2D eigenvalue weighted by Gasteiger charge is 2.41. The first-order valence-corrected chi connectivity index (χ1v) is 10.7. The number of rotatable bonds is 4. The van der Waals surface area contributed by atoms with E-state index >= 15 is 0 Å². The van der Waals surface area contributed by atoms with E-state index in [1.54, 1.807) is 0 Å². The number of hydrogen-bond acceptors (Lipinski definition) is 4. The van der Waals surface area contributed by atoms with Gasteiger partial charge < -0.3 is 20.3 Å². The van der Waals surface area contributed by atoms with Gasteiger partial charge in [0.1, 0.15) is 5.75 Å². The molecule has 0 radical (unpaired) electrons. The fraction of sp³-hybridized carbons (Fsp3) is 0.682. The van der Waals surface area contributed by atoms with Crippen LogP contribution in [0.3, 0.4) is 0 Å². The van der Waals surface area contributed by atoms with Gasteiger partial charge in [-0.25, -0.2) is 0 Å². The summed E-state index contributed by atoms with van der Waals surface area (Å²) in [5.74, 6) is 2.63. The van der Waals surface area contributed by atoms with Gasteiger partial charge in [-0.1, -0.05) is 18.6 Å². The highest BCUT2D eigenvalue weighted by molar-refractivity contribution is 5.85. The van der Waals surface area contributed by atoms with E-state index < -0.39 is 0 Å². The molecule has 1 aromatic carbocycles. The van der Waals surface area contributed by atoms with E-state index in [0.29, 0.717) is 30.4 Å². The first-order chi connectivity index (χ1) is 13.2.